The van der Waals surface area contributed by atoms with Crippen LogP contribution in [-0.4, -0.2) is 23.3 Å². The van der Waals surface area contributed by atoms with Gasteiger partial charge in [0.05, 0.1) is 12.7 Å². The van der Waals surface area contributed by atoms with Gasteiger partial charge in [0.15, 0.2) is 0 Å². The summed E-state index contributed by atoms with van der Waals surface area (Å²) in [7, 11) is 1.36. The Hall–Kier alpha value is -3.15. The van der Waals surface area contributed by atoms with Gasteiger partial charge in [-0.2, -0.15) is 0 Å². The molecule has 0 radical (unpaired) electrons. The van der Waals surface area contributed by atoms with Crippen molar-refractivity contribution in [3.63, 3.8) is 0 Å². The van der Waals surface area contributed by atoms with Crippen LogP contribution < -0.4 is 4.74 Å². The van der Waals surface area contributed by atoms with E-state index in [0.29, 0.717) is 30.4 Å². The molecule has 3 rings (SSSR count). The smallest absolute Gasteiger partial charge is 0.337 e. The molecule has 0 aliphatic heterocycles. The van der Waals surface area contributed by atoms with Crippen LogP contribution in [0.4, 0.5) is 0 Å². The molecule has 0 atom stereocenters. The summed E-state index contributed by atoms with van der Waals surface area (Å²) in [5.41, 5.74) is 2.32. The number of esters is 1. The number of nitrogens with zero attached hydrogens (tertiary/aromatic N) is 2. The molecular weight excluding hydrogens is 320 g/mol. The molecule has 0 saturated carbocycles. The fraction of sp³-hybridized carbons (Fsp3) is 0.211. The minimum Gasteiger partial charge on any atom is -0.489 e. The number of aryl methyl sites for hydroxylation is 1. The van der Waals surface area contributed by atoms with Crippen molar-refractivity contribution in [2.45, 2.75) is 20.0 Å². The molecule has 0 N–H and O–H groups in total. The number of carbonyl (C=O) groups is 1. The molecule has 2 aromatic carbocycles. The Labute approximate surface area is 145 Å². The number of ether oxygens (including phenoxy) is 2. The maximum Gasteiger partial charge on any atom is 0.337 e. The molecule has 0 unspecified atom stereocenters. The standard InChI is InChI=1S/C19H18N2O4/c1-3-17-20-21-18(25-17)14-8-10-16(11-9-14)24-12-13-4-6-15(7-5-13)19(22)23-2/h4-11H,3,12H2,1-2H3. The van der Waals surface area contributed by atoms with E-state index in [1.807, 2.05) is 43.3 Å². The monoisotopic (exact) mass is 338 g/mol. The molecule has 0 aliphatic rings. The Morgan fingerprint density at radius 1 is 1.04 bits per heavy atom. The van der Waals surface area contributed by atoms with Gasteiger partial charge in [0.25, 0.3) is 0 Å². The van der Waals surface area contributed by atoms with Gasteiger partial charge in [-0.1, -0.05) is 19.1 Å². The molecule has 0 spiro atoms. The average Bonchev–Trinajstić information content (AvgIpc) is 3.16. The van der Waals surface area contributed by atoms with Crippen LogP contribution in [0.3, 0.4) is 0 Å². The summed E-state index contributed by atoms with van der Waals surface area (Å²) < 4.78 is 16.0. The zero-order valence-corrected chi connectivity index (χ0v) is 14.1. The molecule has 6 nitrogen and oxygen atoms in total. The molecule has 0 saturated heterocycles. The zero-order valence-electron chi connectivity index (χ0n) is 14.1. The van der Waals surface area contributed by atoms with Gasteiger partial charge in [-0.05, 0) is 42.0 Å². The minimum absolute atomic E-state index is 0.352. The minimum atomic E-state index is -0.352. The number of carbonyl (C=O) groups excluding carboxylic acids is 1. The number of benzene rings is 2. The Balaban J connectivity index is 1.61. The lowest BCUT2D eigenvalue weighted by atomic mass is 10.1. The van der Waals surface area contributed by atoms with E-state index in [1.165, 1.54) is 7.11 Å². The first-order chi connectivity index (χ1) is 12.2. The molecule has 0 amide bonds. The second-order valence-corrected chi connectivity index (χ2v) is 5.36. The molecule has 6 heteroatoms. The maximum atomic E-state index is 11.4. The lowest BCUT2D eigenvalue weighted by molar-refractivity contribution is 0.0600. The molecular formula is C19H18N2O4. The van der Waals surface area contributed by atoms with E-state index in [4.69, 9.17) is 9.15 Å². The SMILES string of the molecule is CCc1nnc(-c2ccc(OCc3ccc(C(=O)OC)cc3)cc2)o1. The van der Waals surface area contributed by atoms with Crippen LogP contribution in [0.2, 0.25) is 0 Å². The Morgan fingerprint density at radius 3 is 2.36 bits per heavy atom. The van der Waals surface area contributed by atoms with Crippen molar-refractivity contribution in [3.05, 3.63) is 65.5 Å². The van der Waals surface area contributed by atoms with Gasteiger partial charge in [-0.15, -0.1) is 10.2 Å². The molecule has 0 fully saturated rings. The predicted octanol–water partition coefficient (Wildman–Crippen LogP) is 3.66. The number of rotatable bonds is 6. The second-order valence-electron chi connectivity index (χ2n) is 5.36. The van der Waals surface area contributed by atoms with Crippen LogP contribution in [0, 0.1) is 0 Å². The zero-order chi connectivity index (χ0) is 17.6. The van der Waals surface area contributed by atoms with Crippen LogP contribution >= 0.6 is 0 Å². The third kappa shape index (κ3) is 4.03. The Morgan fingerprint density at radius 2 is 1.76 bits per heavy atom. The Kier molecular flexibility index (Phi) is 5.09. The van der Waals surface area contributed by atoms with Crippen molar-refractivity contribution >= 4 is 5.97 Å². The third-order valence-electron chi connectivity index (χ3n) is 3.65. The largest absolute Gasteiger partial charge is 0.489 e. The van der Waals surface area contributed by atoms with E-state index in [-0.39, 0.29) is 5.97 Å². The van der Waals surface area contributed by atoms with Crippen molar-refractivity contribution in [2.24, 2.45) is 0 Å². The molecule has 1 aromatic heterocycles. The number of hydrogen-bond acceptors (Lipinski definition) is 6. The second kappa shape index (κ2) is 7.61. The first-order valence-corrected chi connectivity index (χ1v) is 7.92. The highest BCUT2D eigenvalue weighted by Crippen LogP contribution is 2.22. The van der Waals surface area contributed by atoms with E-state index in [2.05, 4.69) is 14.9 Å². The van der Waals surface area contributed by atoms with Gasteiger partial charge >= 0.3 is 5.97 Å². The lowest BCUT2D eigenvalue weighted by Gasteiger charge is -2.07. The van der Waals surface area contributed by atoms with Gasteiger partial charge in [0.1, 0.15) is 12.4 Å². The summed E-state index contributed by atoms with van der Waals surface area (Å²) in [6.45, 7) is 2.37. The number of methoxy groups -OCH3 is 1. The molecule has 128 valence electrons. The topological polar surface area (TPSA) is 74.5 Å². The van der Waals surface area contributed by atoms with Gasteiger partial charge in [-0.3, -0.25) is 0 Å². The highest BCUT2D eigenvalue weighted by molar-refractivity contribution is 5.89. The molecule has 3 aromatic rings. The lowest BCUT2D eigenvalue weighted by Crippen LogP contribution is -2.01. The van der Waals surface area contributed by atoms with E-state index >= 15 is 0 Å². The van der Waals surface area contributed by atoms with Gasteiger partial charge < -0.3 is 13.9 Å². The van der Waals surface area contributed by atoms with Gasteiger partial charge in [0.2, 0.25) is 11.8 Å². The Bertz CT molecular complexity index is 839. The molecule has 25 heavy (non-hydrogen) atoms. The van der Waals surface area contributed by atoms with Crippen molar-refractivity contribution in [1.29, 1.82) is 0 Å². The van der Waals surface area contributed by atoms with Crippen LogP contribution in [0.5, 0.6) is 5.75 Å². The number of aromatic nitrogens is 2. The van der Waals surface area contributed by atoms with E-state index in [9.17, 15) is 4.79 Å². The summed E-state index contributed by atoms with van der Waals surface area (Å²) in [5, 5.41) is 7.97. The summed E-state index contributed by atoms with van der Waals surface area (Å²) in [6.07, 6.45) is 0.711. The van der Waals surface area contributed by atoms with Gasteiger partial charge in [-0.25, -0.2) is 4.79 Å². The first-order valence-electron chi connectivity index (χ1n) is 7.92. The van der Waals surface area contributed by atoms with E-state index in [1.54, 1.807) is 12.1 Å². The highest BCUT2D eigenvalue weighted by atomic mass is 16.5. The van der Waals surface area contributed by atoms with Crippen LogP contribution in [-0.2, 0) is 17.8 Å². The predicted molar refractivity (Wildman–Crippen MR) is 91.2 cm³/mol. The van der Waals surface area contributed by atoms with E-state index < -0.39 is 0 Å². The summed E-state index contributed by atoms with van der Waals surface area (Å²) >= 11 is 0. The fourth-order valence-electron chi connectivity index (χ4n) is 2.23. The normalized spacial score (nSPS) is 10.5. The van der Waals surface area contributed by atoms with Crippen molar-refractivity contribution in [2.75, 3.05) is 7.11 Å². The highest BCUT2D eigenvalue weighted by Gasteiger charge is 2.08. The van der Waals surface area contributed by atoms with E-state index in [0.717, 1.165) is 16.9 Å². The maximum absolute atomic E-state index is 11.4. The third-order valence-corrected chi connectivity index (χ3v) is 3.65. The van der Waals surface area contributed by atoms with Crippen LogP contribution in [0.15, 0.2) is 52.9 Å². The quantitative estimate of drug-likeness (QED) is 0.639. The van der Waals surface area contributed by atoms with Crippen LogP contribution in [0.25, 0.3) is 11.5 Å². The fourth-order valence-corrected chi connectivity index (χ4v) is 2.23. The summed E-state index contributed by atoms with van der Waals surface area (Å²) in [4.78, 5) is 11.4. The summed E-state index contributed by atoms with van der Waals surface area (Å²) in [6, 6.07) is 14.6. The van der Waals surface area contributed by atoms with Gasteiger partial charge in [0, 0.05) is 12.0 Å². The summed E-state index contributed by atoms with van der Waals surface area (Å²) in [5.74, 6) is 1.50. The first kappa shape index (κ1) is 16.7. The van der Waals surface area contributed by atoms with Crippen molar-refractivity contribution in [1.82, 2.24) is 10.2 Å². The average molecular weight is 338 g/mol. The molecule has 0 aliphatic carbocycles. The van der Waals surface area contributed by atoms with Crippen molar-refractivity contribution in [3.8, 4) is 17.2 Å². The number of hydrogen-bond donors (Lipinski definition) is 0. The van der Waals surface area contributed by atoms with Crippen molar-refractivity contribution < 1.29 is 18.7 Å². The molecule has 0 bridgehead atoms. The van der Waals surface area contributed by atoms with Crippen LogP contribution in [0.1, 0.15) is 28.7 Å². The molecule has 1 heterocycles.